The van der Waals surface area contributed by atoms with Crippen LogP contribution in [0.5, 0.6) is 0 Å². The van der Waals surface area contributed by atoms with Crippen LogP contribution in [0.1, 0.15) is 20.3 Å². The fourth-order valence-corrected chi connectivity index (χ4v) is 3.72. The highest BCUT2D eigenvalue weighted by molar-refractivity contribution is 7.88. The molecule has 0 radical (unpaired) electrons. The molecule has 2 heterocycles. The molecule has 0 N–H and O–H groups in total. The third kappa shape index (κ3) is 3.55. The molecule has 2 aliphatic rings. The fourth-order valence-electron chi connectivity index (χ4n) is 2.89. The van der Waals surface area contributed by atoms with E-state index >= 15 is 0 Å². The molecule has 0 aromatic carbocycles. The summed E-state index contributed by atoms with van der Waals surface area (Å²) in [6.07, 6.45) is 1.45. The SMILES string of the molecule is CC(C)N1CC(C(=O)N2CCN(S(C)(=O)=O)CC2)CC1=O. The van der Waals surface area contributed by atoms with Crippen molar-refractivity contribution in [2.75, 3.05) is 39.0 Å². The van der Waals surface area contributed by atoms with Gasteiger partial charge in [0.1, 0.15) is 0 Å². The summed E-state index contributed by atoms with van der Waals surface area (Å²) in [4.78, 5) is 27.7. The molecule has 2 aliphatic heterocycles. The van der Waals surface area contributed by atoms with E-state index in [1.165, 1.54) is 10.6 Å². The standard InChI is InChI=1S/C13H23N3O4S/c1-10(2)16-9-11(8-12(16)17)13(18)14-4-6-15(7-5-14)21(3,19)20/h10-11H,4-9H2,1-3H3. The van der Waals surface area contributed by atoms with Crippen molar-refractivity contribution in [3.63, 3.8) is 0 Å². The minimum atomic E-state index is -3.19. The van der Waals surface area contributed by atoms with Crippen LogP contribution in [-0.4, -0.2) is 79.4 Å². The molecule has 7 nitrogen and oxygen atoms in total. The van der Waals surface area contributed by atoms with Crippen molar-refractivity contribution in [1.29, 1.82) is 0 Å². The van der Waals surface area contributed by atoms with Crippen LogP contribution in [-0.2, 0) is 19.6 Å². The van der Waals surface area contributed by atoms with Gasteiger partial charge in [-0.05, 0) is 13.8 Å². The molecule has 2 fully saturated rings. The number of hydrogen-bond acceptors (Lipinski definition) is 4. The topological polar surface area (TPSA) is 78.0 Å². The molecule has 21 heavy (non-hydrogen) atoms. The van der Waals surface area contributed by atoms with Gasteiger partial charge in [0.25, 0.3) is 0 Å². The maximum absolute atomic E-state index is 12.4. The maximum Gasteiger partial charge on any atom is 0.228 e. The van der Waals surface area contributed by atoms with Gasteiger partial charge in [0, 0.05) is 45.2 Å². The van der Waals surface area contributed by atoms with Gasteiger partial charge in [0.05, 0.1) is 12.2 Å². The zero-order chi connectivity index (χ0) is 15.8. The maximum atomic E-state index is 12.4. The molecule has 2 rings (SSSR count). The molecule has 0 aliphatic carbocycles. The van der Waals surface area contributed by atoms with Crippen LogP contribution in [0.2, 0.25) is 0 Å². The zero-order valence-corrected chi connectivity index (χ0v) is 13.6. The number of nitrogens with zero attached hydrogens (tertiary/aromatic N) is 3. The van der Waals surface area contributed by atoms with E-state index in [2.05, 4.69) is 0 Å². The molecular weight excluding hydrogens is 294 g/mol. The van der Waals surface area contributed by atoms with Gasteiger partial charge in [0.2, 0.25) is 21.8 Å². The average Bonchev–Trinajstić information content (AvgIpc) is 2.79. The number of carbonyl (C=O) groups is 2. The molecule has 0 aromatic rings. The smallest absolute Gasteiger partial charge is 0.228 e. The van der Waals surface area contributed by atoms with Crippen LogP contribution < -0.4 is 0 Å². The molecule has 0 bridgehead atoms. The van der Waals surface area contributed by atoms with Crippen LogP contribution in [0.4, 0.5) is 0 Å². The number of likely N-dealkylation sites (tertiary alicyclic amines) is 1. The van der Waals surface area contributed by atoms with E-state index in [-0.39, 0.29) is 30.2 Å². The summed E-state index contributed by atoms with van der Waals surface area (Å²) in [5.74, 6) is -0.289. The van der Waals surface area contributed by atoms with Crippen LogP contribution in [0.25, 0.3) is 0 Å². The Balaban J connectivity index is 1.93. The Morgan fingerprint density at radius 2 is 1.76 bits per heavy atom. The minimum absolute atomic E-state index is 0.0260. The minimum Gasteiger partial charge on any atom is -0.340 e. The van der Waals surface area contributed by atoms with E-state index in [4.69, 9.17) is 0 Å². The number of sulfonamides is 1. The van der Waals surface area contributed by atoms with Crippen molar-refractivity contribution in [3.8, 4) is 0 Å². The van der Waals surface area contributed by atoms with Crippen molar-refractivity contribution < 1.29 is 18.0 Å². The van der Waals surface area contributed by atoms with Crippen LogP contribution in [0, 0.1) is 5.92 Å². The van der Waals surface area contributed by atoms with Crippen LogP contribution in [0.3, 0.4) is 0 Å². The second-order valence-electron chi connectivity index (χ2n) is 6.03. The molecule has 2 saturated heterocycles. The summed E-state index contributed by atoms with van der Waals surface area (Å²) in [6.45, 7) is 5.82. The summed E-state index contributed by atoms with van der Waals surface area (Å²) in [7, 11) is -3.19. The Bertz CT molecular complexity index is 524. The first-order valence-electron chi connectivity index (χ1n) is 7.23. The van der Waals surface area contributed by atoms with E-state index < -0.39 is 10.0 Å². The highest BCUT2D eigenvalue weighted by atomic mass is 32.2. The number of carbonyl (C=O) groups excluding carboxylic acids is 2. The lowest BCUT2D eigenvalue weighted by Crippen LogP contribution is -2.51. The first-order chi connectivity index (χ1) is 9.70. The summed E-state index contributed by atoms with van der Waals surface area (Å²) in [5.41, 5.74) is 0. The highest BCUT2D eigenvalue weighted by Gasteiger charge is 2.38. The van der Waals surface area contributed by atoms with E-state index in [1.807, 2.05) is 13.8 Å². The van der Waals surface area contributed by atoms with Gasteiger partial charge in [-0.15, -0.1) is 0 Å². The third-order valence-electron chi connectivity index (χ3n) is 4.15. The predicted octanol–water partition coefficient (Wildman–Crippen LogP) is -0.653. The Kier molecular flexibility index (Phi) is 4.57. The molecule has 0 aromatic heterocycles. The van der Waals surface area contributed by atoms with Gasteiger partial charge >= 0.3 is 0 Å². The van der Waals surface area contributed by atoms with Gasteiger partial charge in [-0.1, -0.05) is 0 Å². The van der Waals surface area contributed by atoms with E-state index in [1.54, 1.807) is 9.80 Å². The van der Waals surface area contributed by atoms with Crippen molar-refractivity contribution in [2.24, 2.45) is 5.92 Å². The van der Waals surface area contributed by atoms with Gasteiger partial charge in [-0.25, -0.2) is 8.42 Å². The zero-order valence-electron chi connectivity index (χ0n) is 12.8. The van der Waals surface area contributed by atoms with E-state index in [9.17, 15) is 18.0 Å². The van der Waals surface area contributed by atoms with E-state index in [0.29, 0.717) is 32.7 Å². The molecule has 120 valence electrons. The normalized spacial score (nSPS) is 25.0. The second-order valence-corrected chi connectivity index (χ2v) is 8.01. The highest BCUT2D eigenvalue weighted by Crippen LogP contribution is 2.22. The predicted molar refractivity (Wildman–Crippen MR) is 78.0 cm³/mol. The van der Waals surface area contributed by atoms with Crippen LogP contribution >= 0.6 is 0 Å². The van der Waals surface area contributed by atoms with Crippen molar-refractivity contribution in [3.05, 3.63) is 0 Å². The van der Waals surface area contributed by atoms with Crippen molar-refractivity contribution >= 4 is 21.8 Å². The molecule has 0 saturated carbocycles. The second kappa shape index (κ2) is 5.92. The molecule has 0 spiro atoms. The largest absolute Gasteiger partial charge is 0.340 e. The molecule has 1 unspecified atom stereocenters. The lowest BCUT2D eigenvalue weighted by Gasteiger charge is -2.34. The Morgan fingerprint density at radius 1 is 1.19 bits per heavy atom. The lowest BCUT2D eigenvalue weighted by atomic mass is 10.1. The summed E-state index contributed by atoms with van der Waals surface area (Å²) < 4.78 is 24.3. The van der Waals surface area contributed by atoms with Crippen molar-refractivity contribution in [2.45, 2.75) is 26.3 Å². The van der Waals surface area contributed by atoms with Crippen molar-refractivity contribution in [1.82, 2.24) is 14.1 Å². The first-order valence-corrected chi connectivity index (χ1v) is 9.08. The Morgan fingerprint density at radius 3 is 2.19 bits per heavy atom. The number of rotatable bonds is 3. The monoisotopic (exact) mass is 317 g/mol. The summed E-state index contributed by atoms with van der Waals surface area (Å²) in [6, 6.07) is 0.109. The molecular formula is C13H23N3O4S. The van der Waals surface area contributed by atoms with Gasteiger partial charge in [-0.3, -0.25) is 9.59 Å². The summed E-state index contributed by atoms with van der Waals surface area (Å²) >= 11 is 0. The van der Waals surface area contributed by atoms with Gasteiger partial charge < -0.3 is 9.80 Å². The fraction of sp³-hybridized carbons (Fsp3) is 0.846. The molecule has 2 amide bonds. The lowest BCUT2D eigenvalue weighted by molar-refractivity contribution is -0.137. The number of hydrogen-bond donors (Lipinski definition) is 0. The number of amides is 2. The number of piperazine rings is 1. The molecule has 8 heteroatoms. The first kappa shape index (κ1) is 16.2. The quantitative estimate of drug-likeness (QED) is 0.693. The van der Waals surface area contributed by atoms with Crippen LogP contribution in [0.15, 0.2) is 0 Å². The Labute approximate surface area is 125 Å². The van der Waals surface area contributed by atoms with Gasteiger partial charge in [0.15, 0.2) is 0 Å². The van der Waals surface area contributed by atoms with E-state index in [0.717, 1.165) is 0 Å². The average molecular weight is 317 g/mol. The Hall–Kier alpha value is -1.15. The van der Waals surface area contributed by atoms with Gasteiger partial charge in [-0.2, -0.15) is 4.31 Å². The molecule has 1 atom stereocenters. The summed E-state index contributed by atoms with van der Waals surface area (Å²) in [5, 5.41) is 0. The third-order valence-corrected chi connectivity index (χ3v) is 5.45.